The van der Waals surface area contributed by atoms with Gasteiger partial charge in [-0.2, -0.15) is 0 Å². The van der Waals surface area contributed by atoms with E-state index in [9.17, 15) is 0 Å². The van der Waals surface area contributed by atoms with Crippen LogP contribution in [0.4, 0.5) is 5.69 Å². The molecule has 3 aromatic rings. The number of nitrogens with zero attached hydrogens (tertiary/aromatic N) is 2. The van der Waals surface area contributed by atoms with E-state index < -0.39 is 0 Å². The second kappa shape index (κ2) is 6.91. The average molecular weight is 320 g/mol. The van der Waals surface area contributed by atoms with Gasteiger partial charge in [0.15, 0.2) is 5.58 Å². The van der Waals surface area contributed by atoms with E-state index in [4.69, 9.17) is 4.42 Å². The van der Waals surface area contributed by atoms with Gasteiger partial charge in [0.25, 0.3) is 0 Å². The Balaban J connectivity index is 1.80. The fraction of sp³-hybridized carbons (Fsp3) is 0.286. The third-order valence-electron chi connectivity index (χ3n) is 4.46. The predicted molar refractivity (Wildman–Crippen MR) is 102 cm³/mol. The lowest BCUT2D eigenvalue weighted by Gasteiger charge is -2.20. The standard InChI is InChI=1S/C21H24N2O/c1-5-23(6-2)18-10-7-17(8-11-18)9-12-21-22-19-13-15(3)16(4)14-20(19)24-21/h7-14H,5-6H2,1-4H3/b12-9+. The van der Waals surface area contributed by atoms with E-state index >= 15 is 0 Å². The number of anilines is 1. The number of benzene rings is 2. The van der Waals surface area contributed by atoms with Crippen LogP contribution in [0.2, 0.25) is 0 Å². The van der Waals surface area contributed by atoms with E-state index in [1.807, 2.05) is 18.2 Å². The molecule has 0 aliphatic carbocycles. The highest BCUT2D eigenvalue weighted by atomic mass is 16.3. The highest BCUT2D eigenvalue weighted by Gasteiger charge is 2.05. The third-order valence-corrected chi connectivity index (χ3v) is 4.46. The lowest BCUT2D eigenvalue weighted by Crippen LogP contribution is -2.21. The molecule has 3 nitrogen and oxygen atoms in total. The number of rotatable bonds is 5. The summed E-state index contributed by atoms with van der Waals surface area (Å²) in [6.07, 6.45) is 3.97. The van der Waals surface area contributed by atoms with Crippen LogP contribution in [-0.4, -0.2) is 18.1 Å². The van der Waals surface area contributed by atoms with Gasteiger partial charge in [0.2, 0.25) is 5.89 Å². The van der Waals surface area contributed by atoms with Crippen molar-refractivity contribution < 1.29 is 4.42 Å². The summed E-state index contributed by atoms with van der Waals surface area (Å²) in [6.45, 7) is 10.6. The Labute approximate surface area is 143 Å². The van der Waals surface area contributed by atoms with Crippen molar-refractivity contribution in [3.8, 4) is 0 Å². The van der Waals surface area contributed by atoms with Crippen LogP contribution >= 0.6 is 0 Å². The largest absolute Gasteiger partial charge is 0.437 e. The van der Waals surface area contributed by atoms with Gasteiger partial charge in [-0.05, 0) is 74.7 Å². The molecule has 0 bridgehead atoms. The molecule has 3 heteroatoms. The minimum atomic E-state index is 0.641. The van der Waals surface area contributed by atoms with Gasteiger partial charge in [-0.1, -0.05) is 12.1 Å². The van der Waals surface area contributed by atoms with Gasteiger partial charge in [-0.25, -0.2) is 4.98 Å². The summed E-state index contributed by atoms with van der Waals surface area (Å²) in [5, 5.41) is 0. The summed E-state index contributed by atoms with van der Waals surface area (Å²) in [4.78, 5) is 6.87. The molecular formula is C21H24N2O. The van der Waals surface area contributed by atoms with Gasteiger partial charge in [-0.3, -0.25) is 0 Å². The van der Waals surface area contributed by atoms with Crippen molar-refractivity contribution in [2.75, 3.05) is 18.0 Å². The Kier molecular flexibility index (Phi) is 4.70. The molecule has 0 aliphatic heterocycles. The van der Waals surface area contributed by atoms with Crippen molar-refractivity contribution in [2.24, 2.45) is 0 Å². The molecule has 1 heterocycles. The smallest absolute Gasteiger partial charge is 0.220 e. The normalized spacial score (nSPS) is 11.5. The Morgan fingerprint density at radius 1 is 0.958 bits per heavy atom. The summed E-state index contributed by atoms with van der Waals surface area (Å²) in [5.41, 5.74) is 6.61. The van der Waals surface area contributed by atoms with Crippen molar-refractivity contribution in [2.45, 2.75) is 27.7 Å². The highest BCUT2D eigenvalue weighted by molar-refractivity contribution is 5.77. The number of aryl methyl sites for hydroxylation is 2. The van der Waals surface area contributed by atoms with Crippen molar-refractivity contribution in [3.63, 3.8) is 0 Å². The number of fused-ring (bicyclic) bond motifs is 1. The minimum absolute atomic E-state index is 0.641. The Morgan fingerprint density at radius 3 is 2.29 bits per heavy atom. The minimum Gasteiger partial charge on any atom is -0.437 e. The summed E-state index contributed by atoms with van der Waals surface area (Å²) < 4.78 is 5.82. The molecule has 0 fully saturated rings. The van der Waals surface area contributed by atoms with Crippen LogP contribution in [0.1, 0.15) is 36.4 Å². The second-order valence-corrected chi connectivity index (χ2v) is 6.05. The van der Waals surface area contributed by atoms with Crippen LogP contribution in [0.25, 0.3) is 23.3 Å². The molecular weight excluding hydrogens is 296 g/mol. The van der Waals surface area contributed by atoms with Crippen LogP contribution in [0.3, 0.4) is 0 Å². The summed E-state index contributed by atoms with van der Waals surface area (Å²) in [7, 11) is 0. The zero-order valence-corrected chi connectivity index (χ0v) is 14.8. The van der Waals surface area contributed by atoms with Gasteiger partial charge >= 0.3 is 0 Å². The van der Waals surface area contributed by atoms with E-state index in [2.05, 4.69) is 67.9 Å². The molecule has 0 atom stereocenters. The fourth-order valence-corrected chi connectivity index (χ4v) is 2.82. The van der Waals surface area contributed by atoms with Crippen molar-refractivity contribution >= 4 is 28.9 Å². The highest BCUT2D eigenvalue weighted by Crippen LogP contribution is 2.22. The third kappa shape index (κ3) is 3.35. The number of oxazole rings is 1. The van der Waals surface area contributed by atoms with Gasteiger partial charge in [0.1, 0.15) is 5.52 Å². The van der Waals surface area contributed by atoms with Crippen molar-refractivity contribution in [3.05, 3.63) is 59.0 Å². The zero-order chi connectivity index (χ0) is 17.1. The Morgan fingerprint density at radius 2 is 1.62 bits per heavy atom. The number of aromatic nitrogens is 1. The van der Waals surface area contributed by atoms with Gasteiger partial charge in [0.05, 0.1) is 0 Å². The predicted octanol–water partition coefficient (Wildman–Crippen LogP) is 5.46. The van der Waals surface area contributed by atoms with E-state index in [1.165, 1.54) is 16.8 Å². The van der Waals surface area contributed by atoms with Gasteiger partial charge in [0, 0.05) is 24.9 Å². The number of hydrogen-bond acceptors (Lipinski definition) is 3. The molecule has 0 N–H and O–H groups in total. The number of hydrogen-bond donors (Lipinski definition) is 0. The first kappa shape index (κ1) is 16.3. The van der Waals surface area contributed by atoms with E-state index in [1.54, 1.807) is 0 Å². The molecule has 0 radical (unpaired) electrons. The van der Waals surface area contributed by atoms with Crippen molar-refractivity contribution in [1.82, 2.24) is 4.98 Å². The van der Waals surface area contributed by atoms with Gasteiger partial charge < -0.3 is 9.32 Å². The summed E-state index contributed by atoms with van der Waals surface area (Å²) >= 11 is 0. The van der Waals surface area contributed by atoms with E-state index in [0.717, 1.165) is 29.8 Å². The molecule has 2 aromatic carbocycles. The van der Waals surface area contributed by atoms with Gasteiger partial charge in [-0.15, -0.1) is 0 Å². The van der Waals surface area contributed by atoms with Crippen LogP contribution in [0.5, 0.6) is 0 Å². The molecule has 1 aromatic heterocycles. The molecule has 124 valence electrons. The quantitative estimate of drug-likeness (QED) is 0.625. The zero-order valence-electron chi connectivity index (χ0n) is 14.8. The maximum atomic E-state index is 5.82. The summed E-state index contributed by atoms with van der Waals surface area (Å²) in [6, 6.07) is 12.7. The monoisotopic (exact) mass is 320 g/mol. The lowest BCUT2D eigenvalue weighted by atomic mass is 10.1. The maximum absolute atomic E-state index is 5.82. The Bertz CT molecular complexity index is 816. The molecule has 24 heavy (non-hydrogen) atoms. The summed E-state index contributed by atoms with van der Waals surface area (Å²) in [5.74, 6) is 0.641. The van der Waals surface area contributed by atoms with Crippen molar-refractivity contribution in [1.29, 1.82) is 0 Å². The SMILES string of the molecule is CCN(CC)c1ccc(/C=C/c2nc3cc(C)c(C)cc3o2)cc1. The molecule has 0 spiro atoms. The Hall–Kier alpha value is -2.55. The second-order valence-electron chi connectivity index (χ2n) is 6.05. The first-order chi connectivity index (χ1) is 11.6. The average Bonchev–Trinajstić information content (AvgIpc) is 2.97. The van der Waals surface area contributed by atoms with E-state index in [-0.39, 0.29) is 0 Å². The van der Waals surface area contributed by atoms with Crippen LogP contribution in [-0.2, 0) is 0 Å². The molecule has 3 rings (SSSR count). The first-order valence-corrected chi connectivity index (χ1v) is 8.51. The topological polar surface area (TPSA) is 29.3 Å². The molecule has 0 amide bonds. The first-order valence-electron chi connectivity index (χ1n) is 8.51. The van der Waals surface area contributed by atoms with E-state index in [0.29, 0.717) is 5.89 Å². The van der Waals surface area contributed by atoms with Crippen LogP contribution < -0.4 is 4.90 Å². The van der Waals surface area contributed by atoms with Crippen LogP contribution in [0.15, 0.2) is 40.8 Å². The molecule has 0 unspecified atom stereocenters. The molecule has 0 aliphatic rings. The maximum Gasteiger partial charge on any atom is 0.220 e. The lowest BCUT2D eigenvalue weighted by molar-refractivity contribution is 0.589. The molecule has 0 saturated carbocycles. The molecule has 0 saturated heterocycles. The van der Waals surface area contributed by atoms with Crippen LogP contribution in [0, 0.1) is 13.8 Å². The fourth-order valence-electron chi connectivity index (χ4n) is 2.82.